The summed E-state index contributed by atoms with van der Waals surface area (Å²) in [6.07, 6.45) is 3.34. The molecule has 10 heteroatoms. The molecule has 166 valence electrons. The van der Waals surface area contributed by atoms with Gasteiger partial charge in [-0.2, -0.15) is 0 Å². The topological polar surface area (TPSA) is 99.0 Å². The van der Waals surface area contributed by atoms with Crippen molar-refractivity contribution in [2.75, 3.05) is 18.2 Å². The molecule has 4 rings (SSSR count). The molecule has 0 aliphatic carbocycles. The van der Waals surface area contributed by atoms with Gasteiger partial charge in [-0.3, -0.25) is 14.3 Å². The normalized spacial score (nSPS) is 10.6. The van der Waals surface area contributed by atoms with Crippen LogP contribution in [0.15, 0.2) is 78.2 Å². The number of esters is 1. The molecule has 8 nitrogen and oxygen atoms in total. The minimum atomic E-state index is -0.527. The van der Waals surface area contributed by atoms with Gasteiger partial charge in [0.2, 0.25) is 5.91 Å². The van der Waals surface area contributed by atoms with Gasteiger partial charge in [-0.05, 0) is 42.5 Å². The Morgan fingerprint density at radius 1 is 1.06 bits per heavy atom. The fourth-order valence-corrected chi connectivity index (χ4v) is 4.03. The maximum absolute atomic E-state index is 12.7. The summed E-state index contributed by atoms with van der Waals surface area (Å²) in [5, 5.41) is 12.5. The van der Waals surface area contributed by atoms with Gasteiger partial charge in [-0.15, -0.1) is 10.2 Å². The van der Waals surface area contributed by atoms with Crippen molar-refractivity contribution < 1.29 is 14.3 Å². The first-order valence-corrected chi connectivity index (χ1v) is 11.1. The quantitative estimate of drug-likeness (QED) is 0.307. The first-order valence-electron chi connectivity index (χ1n) is 9.78. The number of carbonyl (C=O) groups is 2. The highest BCUT2D eigenvalue weighted by Gasteiger charge is 2.19. The summed E-state index contributed by atoms with van der Waals surface area (Å²) in [5.74, 6) is -0.188. The van der Waals surface area contributed by atoms with E-state index in [1.165, 1.54) is 18.9 Å². The van der Waals surface area contributed by atoms with Crippen molar-refractivity contribution in [3.63, 3.8) is 0 Å². The highest BCUT2D eigenvalue weighted by molar-refractivity contribution is 7.99. The lowest BCUT2D eigenvalue weighted by Gasteiger charge is -2.11. The van der Waals surface area contributed by atoms with Crippen LogP contribution >= 0.6 is 23.4 Å². The molecule has 33 heavy (non-hydrogen) atoms. The van der Waals surface area contributed by atoms with Gasteiger partial charge in [-0.1, -0.05) is 41.6 Å². The molecule has 4 aromatic rings. The van der Waals surface area contributed by atoms with E-state index in [0.29, 0.717) is 21.7 Å². The number of ether oxygens (including phenoxy) is 1. The molecule has 1 amide bonds. The molecule has 0 aliphatic heterocycles. The second-order valence-corrected chi connectivity index (χ2v) is 8.11. The summed E-state index contributed by atoms with van der Waals surface area (Å²) in [6.45, 7) is 0. The molecule has 0 fully saturated rings. The number of pyridine rings is 1. The maximum Gasteiger partial charge on any atom is 0.339 e. The Labute approximate surface area is 199 Å². The Balaban J connectivity index is 1.59. The number of nitrogens with one attached hydrogen (secondary N) is 1. The van der Waals surface area contributed by atoms with Crippen molar-refractivity contribution in [1.82, 2.24) is 19.7 Å². The lowest BCUT2D eigenvalue weighted by Crippen LogP contribution is -2.17. The van der Waals surface area contributed by atoms with Crippen molar-refractivity contribution >= 4 is 40.9 Å². The standard InChI is InChI=1S/C23H18ClN5O3S/c1-32-22(31)18-7-2-3-8-19(18)26-20(30)14-33-23-28-27-21(15-9-11-25-12-10-15)29(23)17-6-4-5-16(24)13-17/h2-13H,14H2,1H3,(H,26,30). The smallest absolute Gasteiger partial charge is 0.339 e. The van der Waals surface area contributed by atoms with Gasteiger partial charge in [0.25, 0.3) is 0 Å². The van der Waals surface area contributed by atoms with Crippen LogP contribution in [0.25, 0.3) is 17.1 Å². The van der Waals surface area contributed by atoms with Crippen LogP contribution in [-0.2, 0) is 9.53 Å². The van der Waals surface area contributed by atoms with Crippen LogP contribution in [-0.4, -0.2) is 44.5 Å². The summed E-state index contributed by atoms with van der Waals surface area (Å²) in [4.78, 5) is 28.7. The zero-order valence-electron chi connectivity index (χ0n) is 17.4. The summed E-state index contributed by atoms with van der Waals surface area (Å²) in [6, 6.07) is 17.6. The van der Waals surface area contributed by atoms with E-state index < -0.39 is 5.97 Å². The summed E-state index contributed by atoms with van der Waals surface area (Å²) >= 11 is 7.42. The van der Waals surface area contributed by atoms with E-state index in [2.05, 4.69) is 20.5 Å². The van der Waals surface area contributed by atoms with Crippen molar-refractivity contribution in [2.45, 2.75) is 5.16 Å². The monoisotopic (exact) mass is 479 g/mol. The van der Waals surface area contributed by atoms with E-state index in [1.54, 1.807) is 48.8 Å². The first kappa shape index (κ1) is 22.5. The van der Waals surface area contributed by atoms with Crippen LogP contribution < -0.4 is 5.32 Å². The van der Waals surface area contributed by atoms with Crippen LogP contribution in [0.2, 0.25) is 5.02 Å². The fraction of sp³-hybridized carbons (Fsp3) is 0.0870. The van der Waals surface area contributed by atoms with E-state index in [0.717, 1.165) is 11.3 Å². The Morgan fingerprint density at radius 3 is 2.61 bits per heavy atom. The van der Waals surface area contributed by atoms with Crippen LogP contribution in [0.1, 0.15) is 10.4 Å². The number of carbonyl (C=O) groups excluding carboxylic acids is 2. The number of para-hydroxylation sites is 1. The van der Waals surface area contributed by atoms with E-state index in [1.807, 2.05) is 28.8 Å². The van der Waals surface area contributed by atoms with Gasteiger partial charge in [0, 0.05) is 23.0 Å². The molecule has 0 unspecified atom stereocenters. The molecular formula is C23H18ClN5O3S. The number of thioether (sulfide) groups is 1. The van der Waals surface area contributed by atoms with E-state index in [9.17, 15) is 9.59 Å². The van der Waals surface area contributed by atoms with Gasteiger partial charge >= 0.3 is 5.97 Å². The Morgan fingerprint density at radius 2 is 1.85 bits per heavy atom. The Hall–Kier alpha value is -3.69. The second kappa shape index (κ2) is 10.3. The van der Waals surface area contributed by atoms with Crippen molar-refractivity contribution in [3.8, 4) is 17.1 Å². The van der Waals surface area contributed by atoms with E-state index >= 15 is 0 Å². The average molecular weight is 480 g/mol. The number of rotatable bonds is 7. The number of methoxy groups -OCH3 is 1. The van der Waals surface area contributed by atoms with Crippen LogP contribution in [0, 0.1) is 0 Å². The molecule has 0 bridgehead atoms. The molecule has 0 radical (unpaired) electrons. The highest BCUT2D eigenvalue weighted by atomic mass is 35.5. The second-order valence-electron chi connectivity index (χ2n) is 6.73. The summed E-state index contributed by atoms with van der Waals surface area (Å²) in [5.41, 5.74) is 2.24. The molecule has 0 saturated heterocycles. The summed E-state index contributed by atoms with van der Waals surface area (Å²) < 4.78 is 6.61. The third-order valence-corrected chi connectivity index (χ3v) is 5.74. The molecular weight excluding hydrogens is 462 g/mol. The molecule has 0 aliphatic rings. The first-order chi connectivity index (χ1) is 16.1. The van der Waals surface area contributed by atoms with Gasteiger partial charge in [0.15, 0.2) is 11.0 Å². The number of halogens is 1. The molecule has 0 atom stereocenters. The minimum absolute atomic E-state index is 0.0462. The molecule has 2 heterocycles. The van der Waals surface area contributed by atoms with Crippen molar-refractivity contribution in [2.24, 2.45) is 0 Å². The molecule has 0 saturated carbocycles. The van der Waals surface area contributed by atoms with Gasteiger partial charge in [0.05, 0.1) is 29.8 Å². The van der Waals surface area contributed by atoms with Gasteiger partial charge in [-0.25, -0.2) is 4.79 Å². The summed E-state index contributed by atoms with van der Waals surface area (Å²) in [7, 11) is 1.29. The lowest BCUT2D eigenvalue weighted by atomic mass is 10.2. The predicted octanol–water partition coefficient (Wildman–Crippen LogP) is 4.50. The van der Waals surface area contributed by atoms with E-state index in [4.69, 9.17) is 16.3 Å². The number of benzene rings is 2. The fourth-order valence-electron chi connectivity index (χ4n) is 3.10. The molecule has 0 spiro atoms. The highest BCUT2D eigenvalue weighted by Crippen LogP contribution is 2.29. The van der Waals surface area contributed by atoms with Crippen LogP contribution in [0.5, 0.6) is 0 Å². The van der Waals surface area contributed by atoms with Gasteiger partial charge in [0.1, 0.15) is 0 Å². The average Bonchev–Trinajstić information content (AvgIpc) is 3.27. The largest absolute Gasteiger partial charge is 0.465 e. The number of anilines is 1. The maximum atomic E-state index is 12.7. The van der Waals surface area contributed by atoms with Crippen molar-refractivity contribution in [1.29, 1.82) is 0 Å². The zero-order valence-corrected chi connectivity index (χ0v) is 19.0. The van der Waals surface area contributed by atoms with Crippen LogP contribution in [0.3, 0.4) is 0 Å². The molecule has 2 aromatic carbocycles. The number of nitrogens with zero attached hydrogens (tertiary/aromatic N) is 4. The Bertz CT molecular complexity index is 1300. The lowest BCUT2D eigenvalue weighted by molar-refractivity contribution is -0.113. The predicted molar refractivity (Wildman–Crippen MR) is 127 cm³/mol. The molecule has 1 N–H and O–H groups in total. The SMILES string of the molecule is COC(=O)c1ccccc1NC(=O)CSc1nnc(-c2ccncc2)n1-c1cccc(Cl)c1. The number of hydrogen-bond acceptors (Lipinski definition) is 7. The minimum Gasteiger partial charge on any atom is -0.465 e. The third-order valence-electron chi connectivity index (χ3n) is 4.58. The number of aromatic nitrogens is 4. The van der Waals surface area contributed by atoms with E-state index in [-0.39, 0.29) is 17.2 Å². The number of amides is 1. The number of hydrogen-bond donors (Lipinski definition) is 1. The van der Waals surface area contributed by atoms with Crippen LogP contribution in [0.4, 0.5) is 5.69 Å². The third kappa shape index (κ3) is 5.21. The van der Waals surface area contributed by atoms with Gasteiger partial charge < -0.3 is 10.1 Å². The Kier molecular flexibility index (Phi) is 7.01. The molecule has 2 aromatic heterocycles. The van der Waals surface area contributed by atoms with Crippen molar-refractivity contribution in [3.05, 3.63) is 83.6 Å². The zero-order chi connectivity index (χ0) is 23.2.